The molecule has 0 fully saturated rings. The number of aromatic nitrogens is 2. The number of carbonyl (C=O) groups excluding carboxylic acids is 1. The number of aryl methyl sites for hydroxylation is 2. The van der Waals surface area contributed by atoms with Crippen LogP contribution in [-0.2, 0) is 18.3 Å². The second kappa shape index (κ2) is 6.18. The minimum atomic E-state index is -0.00280. The Labute approximate surface area is 113 Å². The molecule has 1 N–H and O–H groups in total. The van der Waals surface area contributed by atoms with Gasteiger partial charge in [0.15, 0.2) is 0 Å². The first-order chi connectivity index (χ1) is 9.15. The summed E-state index contributed by atoms with van der Waals surface area (Å²) in [6, 6.07) is 10.0. The highest BCUT2D eigenvalue weighted by Gasteiger charge is 2.10. The molecule has 0 radical (unpaired) electrons. The van der Waals surface area contributed by atoms with Gasteiger partial charge in [-0.2, -0.15) is 5.10 Å². The average Bonchev–Trinajstić information content (AvgIpc) is 2.84. The van der Waals surface area contributed by atoms with Gasteiger partial charge < -0.3 is 5.32 Å². The maximum atomic E-state index is 11.9. The van der Waals surface area contributed by atoms with Crippen LogP contribution in [0.15, 0.2) is 42.7 Å². The van der Waals surface area contributed by atoms with E-state index in [1.54, 1.807) is 10.9 Å². The molecule has 1 atom stereocenters. The normalized spacial score (nSPS) is 12.1. The van der Waals surface area contributed by atoms with Crippen molar-refractivity contribution in [3.05, 3.63) is 53.9 Å². The number of hydrogen-bond donors (Lipinski definition) is 1. The van der Waals surface area contributed by atoms with Crippen molar-refractivity contribution in [1.29, 1.82) is 0 Å². The van der Waals surface area contributed by atoms with Crippen LogP contribution in [0.2, 0.25) is 0 Å². The van der Waals surface area contributed by atoms with Crippen LogP contribution in [0.1, 0.15) is 30.5 Å². The van der Waals surface area contributed by atoms with Crippen molar-refractivity contribution in [1.82, 2.24) is 15.1 Å². The molecule has 1 aromatic carbocycles. The van der Waals surface area contributed by atoms with Crippen LogP contribution in [0.4, 0.5) is 0 Å². The molecular weight excluding hydrogens is 238 g/mol. The molecule has 0 saturated heterocycles. The number of carbonyl (C=O) groups is 1. The minimum Gasteiger partial charge on any atom is -0.349 e. The minimum absolute atomic E-state index is 0.00280. The summed E-state index contributed by atoms with van der Waals surface area (Å²) in [5, 5.41) is 7.09. The van der Waals surface area contributed by atoms with Crippen molar-refractivity contribution >= 4 is 5.91 Å². The first-order valence-electron chi connectivity index (χ1n) is 6.47. The number of amides is 1. The lowest BCUT2D eigenvalue weighted by Gasteiger charge is -2.12. The van der Waals surface area contributed by atoms with Crippen molar-refractivity contribution in [3.63, 3.8) is 0 Å². The summed E-state index contributed by atoms with van der Waals surface area (Å²) in [6.45, 7) is 1.97. The van der Waals surface area contributed by atoms with Gasteiger partial charge >= 0.3 is 0 Å². The van der Waals surface area contributed by atoms with E-state index >= 15 is 0 Å². The summed E-state index contributed by atoms with van der Waals surface area (Å²) in [7, 11) is 1.87. The average molecular weight is 257 g/mol. The predicted octanol–water partition coefficient (Wildman–Crippen LogP) is 2.23. The fraction of sp³-hybridized carbons (Fsp3) is 0.333. The van der Waals surface area contributed by atoms with Crippen LogP contribution < -0.4 is 5.32 Å². The molecule has 1 unspecified atom stereocenters. The van der Waals surface area contributed by atoms with Gasteiger partial charge in [-0.05, 0) is 18.9 Å². The topological polar surface area (TPSA) is 46.9 Å². The summed E-state index contributed by atoms with van der Waals surface area (Å²) in [5.41, 5.74) is 2.21. The van der Waals surface area contributed by atoms with Crippen LogP contribution >= 0.6 is 0 Å². The van der Waals surface area contributed by atoms with Gasteiger partial charge in [0.05, 0.1) is 12.2 Å². The van der Waals surface area contributed by atoms with Crippen LogP contribution in [0.25, 0.3) is 0 Å². The highest BCUT2D eigenvalue weighted by molar-refractivity contribution is 5.76. The largest absolute Gasteiger partial charge is 0.349 e. The van der Waals surface area contributed by atoms with Crippen LogP contribution in [0.3, 0.4) is 0 Å². The quantitative estimate of drug-likeness (QED) is 0.893. The molecule has 1 aromatic heterocycles. The molecule has 0 aliphatic carbocycles. The molecule has 4 nitrogen and oxygen atoms in total. The standard InChI is InChI=1S/C15H19N3O/c1-12(14-10-16-18(2)11-14)17-15(19)9-8-13-6-4-3-5-7-13/h3-7,10-12H,8-9H2,1-2H3,(H,17,19). The molecule has 2 aromatic rings. The lowest BCUT2D eigenvalue weighted by atomic mass is 10.1. The van der Waals surface area contributed by atoms with E-state index in [9.17, 15) is 4.79 Å². The van der Waals surface area contributed by atoms with Crippen molar-refractivity contribution in [2.24, 2.45) is 7.05 Å². The van der Waals surface area contributed by atoms with E-state index in [1.165, 1.54) is 5.56 Å². The molecule has 1 heterocycles. The molecule has 0 aliphatic rings. The van der Waals surface area contributed by atoms with E-state index < -0.39 is 0 Å². The van der Waals surface area contributed by atoms with Crippen LogP contribution in [-0.4, -0.2) is 15.7 Å². The van der Waals surface area contributed by atoms with Crippen molar-refractivity contribution in [3.8, 4) is 0 Å². The summed E-state index contributed by atoms with van der Waals surface area (Å²) in [4.78, 5) is 11.9. The molecule has 0 bridgehead atoms. The van der Waals surface area contributed by atoms with Gasteiger partial charge in [-0.15, -0.1) is 0 Å². The Morgan fingerprint density at radius 2 is 2.11 bits per heavy atom. The van der Waals surface area contributed by atoms with E-state index in [2.05, 4.69) is 10.4 Å². The number of rotatable bonds is 5. The number of benzene rings is 1. The zero-order chi connectivity index (χ0) is 13.7. The Hall–Kier alpha value is -2.10. The fourth-order valence-corrected chi connectivity index (χ4v) is 1.96. The Bertz CT molecular complexity index is 533. The first-order valence-corrected chi connectivity index (χ1v) is 6.47. The van der Waals surface area contributed by atoms with Crippen LogP contribution in [0, 0.1) is 0 Å². The SMILES string of the molecule is CC(NC(=O)CCc1ccccc1)c1cnn(C)c1. The molecule has 0 aliphatic heterocycles. The molecule has 1 amide bonds. The number of nitrogens with zero attached hydrogens (tertiary/aromatic N) is 2. The van der Waals surface area contributed by atoms with Gasteiger partial charge in [0.1, 0.15) is 0 Å². The van der Waals surface area contributed by atoms with Crippen molar-refractivity contribution < 1.29 is 4.79 Å². The summed E-state index contributed by atoms with van der Waals surface area (Å²) in [5.74, 6) is 0.0696. The third-order valence-electron chi connectivity index (χ3n) is 3.09. The number of nitrogens with one attached hydrogen (secondary N) is 1. The van der Waals surface area contributed by atoms with Gasteiger partial charge in [0.25, 0.3) is 0 Å². The lowest BCUT2D eigenvalue weighted by Crippen LogP contribution is -2.26. The van der Waals surface area contributed by atoms with E-state index in [1.807, 2.05) is 50.5 Å². The smallest absolute Gasteiger partial charge is 0.220 e. The zero-order valence-electron chi connectivity index (χ0n) is 11.3. The second-order valence-corrected chi connectivity index (χ2v) is 4.72. The Kier molecular flexibility index (Phi) is 4.34. The third kappa shape index (κ3) is 3.95. The van der Waals surface area contributed by atoms with Crippen molar-refractivity contribution in [2.75, 3.05) is 0 Å². The van der Waals surface area contributed by atoms with Gasteiger partial charge in [0.2, 0.25) is 5.91 Å². The maximum Gasteiger partial charge on any atom is 0.220 e. The lowest BCUT2D eigenvalue weighted by molar-refractivity contribution is -0.121. The molecule has 100 valence electrons. The van der Waals surface area contributed by atoms with E-state index in [0.29, 0.717) is 6.42 Å². The molecule has 0 spiro atoms. The van der Waals surface area contributed by atoms with Gasteiger partial charge in [-0.25, -0.2) is 0 Å². The van der Waals surface area contributed by atoms with E-state index in [0.717, 1.165) is 12.0 Å². The molecule has 4 heteroatoms. The van der Waals surface area contributed by atoms with E-state index in [-0.39, 0.29) is 11.9 Å². The Morgan fingerprint density at radius 3 is 2.74 bits per heavy atom. The maximum absolute atomic E-state index is 11.9. The van der Waals surface area contributed by atoms with Crippen LogP contribution in [0.5, 0.6) is 0 Å². The third-order valence-corrected chi connectivity index (χ3v) is 3.09. The fourth-order valence-electron chi connectivity index (χ4n) is 1.96. The van der Waals surface area contributed by atoms with Crippen molar-refractivity contribution in [2.45, 2.75) is 25.8 Å². The zero-order valence-corrected chi connectivity index (χ0v) is 11.3. The summed E-state index contributed by atoms with van der Waals surface area (Å²) < 4.78 is 1.74. The highest BCUT2D eigenvalue weighted by atomic mass is 16.1. The summed E-state index contributed by atoms with van der Waals surface area (Å²) >= 11 is 0. The first kappa shape index (κ1) is 13.3. The molecule has 0 saturated carbocycles. The molecular formula is C15H19N3O. The monoisotopic (exact) mass is 257 g/mol. The van der Waals surface area contributed by atoms with Gasteiger partial charge in [0, 0.05) is 25.2 Å². The second-order valence-electron chi connectivity index (χ2n) is 4.72. The Balaban J connectivity index is 1.81. The van der Waals surface area contributed by atoms with Gasteiger partial charge in [-0.3, -0.25) is 9.48 Å². The molecule has 19 heavy (non-hydrogen) atoms. The van der Waals surface area contributed by atoms with E-state index in [4.69, 9.17) is 0 Å². The summed E-state index contributed by atoms with van der Waals surface area (Å²) in [6.07, 6.45) is 4.98. The van der Waals surface area contributed by atoms with Gasteiger partial charge in [-0.1, -0.05) is 30.3 Å². The molecule has 2 rings (SSSR count). The Morgan fingerprint density at radius 1 is 1.37 bits per heavy atom. The number of hydrogen-bond acceptors (Lipinski definition) is 2. The highest BCUT2D eigenvalue weighted by Crippen LogP contribution is 2.11. The predicted molar refractivity (Wildman–Crippen MR) is 74.5 cm³/mol.